The first-order valence-electron chi connectivity index (χ1n) is 7.24. The molecule has 1 aromatic rings. The number of aromatic nitrogens is 1. The zero-order valence-corrected chi connectivity index (χ0v) is 12.6. The van der Waals surface area contributed by atoms with Gasteiger partial charge in [-0.05, 0) is 39.4 Å². The molecule has 2 N–H and O–H groups in total. The molecule has 5 nitrogen and oxygen atoms in total. The van der Waals surface area contributed by atoms with Gasteiger partial charge in [0, 0.05) is 36.7 Å². The van der Waals surface area contributed by atoms with Crippen LogP contribution in [0.15, 0.2) is 12.3 Å². The van der Waals surface area contributed by atoms with Crippen molar-refractivity contribution in [3.05, 3.63) is 23.5 Å². The summed E-state index contributed by atoms with van der Waals surface area (Å²) in [6.07, 6.45) is 3.56. The molecule has 0 aromatic carbocycles. The smallest absolute Gasteiger partial charge is 0.257 e. The third-order valence-corrected chi connectivity index (χ3v) is 3.94. The normalized spacial score (nSPS) is 20.8. The Morgan fingerprint density at radius 3 is 2.90 bits per heavy atom. The number of nitrogen functional groups attached to an aromatic ring is 1. The summed E-state index contributed by atoms with van der Waals surface area (Å²) in [7, 11) is 2.11. The second-order valence-corrected chi connectivity index (χ2v) is 5.59. The van der Waals surface area contributed by atoms with Gasteiger partial charge in [-0.2, -0.15) is 0 Å². The van der Waals surface area contributed by atoms with E-state index in [0.717, 1.165) is 38.2 Å². The van der Waals surface area contributed by atoms with Crippen LogP contribution in [0, 0.1) is 6.92 Å². The fourth-order valence-corrected chi connectivity index (χ4v) is 2.77. The number of nitrogens with two attached hydrogens (primary N) is 1. The summed E-state index contributed by atoms with van der Waals surface area (Å²) >= 11 is 0. The van der Waals surface area contributed by atoms with Crippen molar-refractivity contribution >= 4 is 11.6 Å². The standard InChI is InChI=1S/C15H24N4O/c1-4-12-10-18(3)6-5-7-19(12)15(20)13-9-17-11(2)8-14(13)16/h8-9,12H,4-7,10H2,1-3H3,(H2,16,17). The number of amides is 1. The van der Waals surface area contributed by atoms with Crippen LogP contribution in [0.3, 0.4) is 0 Å². The number of carbonyl (C=O) groups is 1. The number of pyridine rings is 1. The molecule has 1 atom stereocenters. The van der Waals surface area contributed by atoms with Gasteiger partial charge in [0.1, 0.15) is 0 Å². The summed E-state index contributed by atoms with van der Waals surface area (Å²) in [5.41, 5.74) is 7.87. The molecule has 0 bridgehead atoms. The lowest BCUT2D eigenvalue weighted by atomic mass is 10.1. The molecule has 1 aliphatic heterocycles. The second-order valence-electron chi connectivity index (χ2n) is 5.59. The van der Waals surface area contributed by atoms with E-state index in [1.165, 1.54) is 0 Å². The quantitative estimate of drug-likeness (QED) is 0.890. The lowest BCUT2D eigenvalue weighted by Gasteiger charge is -2.30. The van der Waals surface area contributed by atoms with Crippen molar-refractivity contribution in [2.45, 2.75) is 32.7 Å². The average Bonchev–Trinajstić information content (AvgIpc) is 2.59. The number of carbonyl (C=O) groups excluding carboxylic acids is 1. The summed E-state index contributed by atoms with van der Waals surface area (Å²) in [6, 6.07) is 2.01. The molecule has 0 spiro atoms. The van der Waals surface area contributed by atoms with Crippen molar-refractivity contribution in [2.24, 2.45) is 0 Å². The van der Waals surface area contributed by atoms with E-state index in [1.807, 2.05) is 11.8 Å². The highest BCUT2D eigenvalue weighted by atomic mass is 16.2. The molecule has 1 saturated heterocycles. The predicted octanol–water partition coefficient (Wildman–Crippen LogP) is 1.53. The van der Waals surface area contributed by atoms with Crippen molar-refractivity contribution in [2.75, 3.05) is 32.4 Å². The van der Waals surface area contributed by atoms with Crippen molar-refractivity contribution in [1.29, 1.82) is 0 Å². The van der Waals surface area contributed by atoms with Crippen LogP contribution in [0.2, 0.25) is 0 Å². The minimum Gasteiger partial charge on any atom is -0.398 e. The van der Waals surface area contributed by atoms with Gasteiger partial charge in [0.25, 0.3) is 5.91 Å². The summed E-state index contributed by atoms with van der Waals surface area (Å²) in [5.74, 6) is 0.0113. The van der Waals surface area contributed by atoms with Gasteiger partial charge in [-0.3, -0.25) is 9.78 Å². The third-order valence-electron chi connectivity index (χ3n) is 3.94. The van der Waals surface area contributed by atoms with Crippen LogP contribution < -0.4 is 5.73 Å². The highest BCUT2D eigenvalue weighted by Crippen LogP contribution is 2.19. The van der Waals surface area contributed by atoms with Crippen LogP contribution in [-0.2, 0) is 0 Å². The first-order valence-corrected chi connectivity index (χ1v) is 7.24. The highest BCUT2D eigenvalue weighted by molar-refractivity contribution is 5.99. The van der Waals surface area contributed by atoms with Crippen molar-refractivity contribution in [1.82, 2.24) is 14.8 Å². The number of hydrogen-bond donors (Lipinski definition) is 1. The van der Waals surface area contributed by atoms with Gasteiger partial charge >= 0.3 is 0 Å². The summed E-state index contributed by atoms with van der Waals surface area (Å²) in [5, 5.41) is 0. The molecule has 0 radical (unpaired) electrons. The van der Waals surface area contributed by atoms with Crippen LogP contribution >= 0.6 is 0 Å². The first kappa shape index (κ1) is 14.8. The zero-order valence-electron chi connectivity index (χ0n) is 12.6. The Hall–Kier alpha value is -1.62. The Balaban J connectivity index is 2.25. The highest BCUT2D eigenvalue weighted by Gasteiger charge is 2.27. The SMILES string of the molecule is CCC1CN(C)CCCN1C(=O)c1cnc(C)cc1N. The van der Waals surface area contributed by atoms with Gasteiger partial charge < -0.3 is 15.5 Å². The first-order chi connectivity index (χ1) is 9.52. The summed E-state index contributed by atoms with van der Waals surface area (Å²) in [6.45, 7) is 6.74. The Bertz CT molecular complexity index is 489. The maximum atomic E-state index is 12.7. The molecule has 1 amide bonds. The van der Waals surface area contributed by atoms with Crippen molar-refractivity contribution in [3.63, 3.8) is 0 Å². The number of likely N-dealkylation sites (N-methyl/N-ethyl adjacent to an activating group) is 1. The number of anilines is 1. The Labute approximate surface area is 120 Å². The van der Waals surface area contributed by atoms with E-state index < -0.39 is 0 Å². The van der Waals surface area contributed by atoms with Gasteiger partial charge in [0.2, 0.25) is 0 Å². The average molecular weight is 276 g/mol. The van der Waals surface area contributed by atoms with E-state index >= 15 is 0 Å². The molecular formula is C15H24N4O. The maximum absolute atomic E-state index is 12.7. The van der Waals surface area contributed by atoms with Gasteiger partial charge in [0.15, 0.2) is 0 Å². The fourth-order valence-electron chi connectivity index (χ4n) is 2.77. The largest absolute Gasteiger partial charge is 0.398 e. The molecule has 1 aliphatic rings. The van der Waals surface area contributed by atoms with Crippen LogP contribution in [-0.4, -0.2) is 53.4 Å². The van der Waals surface area contributed by atoms with Crippen molar-refractivity contribution < 1.29 is 4.79 Å². The van der Waals surface area contributed by atoms with Gasteiger partial charge in [-0.25, -0.2) is 0 Å². The van der Waals surface area contributed by atoms with Crippen LogP contribution in [0.25, 0.3) is 0 Å². The number of rotatable bonds is 2. The lowest BCUT2D eigenvalue weighted by molar-refractivity contribution is 0.0676. The molecular weight excluding hydrogens is 252 g/mol. The minimum atomic E-state index is 0.0113. The van der Waals surface area contributed by atoms with E-state index in [4.69, 9.17) is 5.73 Å². The van der Waals surface area contributed by atoms with Crippen LogP contribution in [0.4, 0.5) is 5.69 Å². The maximum Gasteiger partial charge on any atom is 0.257 e. The van der Waals surface area contributed by atoms with E-state index in [0.29, 0.717) is 11.3 Å². The van der Waals surface area contributed by atoms with E-state index in [9.17, 15) is 4.79 Å². The number of nitrogens with zero attached hydrogens (tertiary/aromatic N) is 3. The van der Waals surface area contributed by atoms with E-state index in [-0.39, 0.29) is 11.9 Å². The van der Waals surface area contributed by atoms with Gasteiger partial charge in [-0.1, -0.05) is 6.92 Å². The zero-order chi connectivity index (χ0) is 14.7. The van der Waals surface area contributed by atoms with Crippen LogP contribution in [0.5, 0.6) is 0 Å². The molecule has 110 valence electrons. The Morgan fingerprint density at radius 2 is 2.25 bits per heavy atom. The Kier molecular flexibility index (Phi) is 4.60. The predicted molar refractivity (Wildman–Crippen MR) is 80.6 cm³/mol. The molecule has 0 aliphatic carbocycles. The summed E-state index contributed by atoms with van der Waals surface area (Å²) in [4.78, 5) is 21.2. The van der Waals surface area contributed by atoms with E-state index in [2.05, 4.69) is 23.9 Å². The molecule has 1 aromatic heterocycles. The fraction of sp³-hybridized carbons (Fsp3) is 0.600. The molecule has 0 saturated carbocycles. The number of aryl methyl sites for hydroxylation is 1. The van der Waals surface area contributed by atoms with Gasteiger partial charge in [0.05, 0.1) is 5.56 Å². The topological polar surface area (TPSA) is 62.5 Å². The number of hydrogen-bond acceptors (Lipinski definition) is 4. The van der Waals surface area contributed by atoms with Crippen molar-refractivity contribution in [3.8, 4) is 0 Å². The Morgan fingerprint density at radius 1 is 1.50 bits per heavy atom. The van der Waals surface area contributed by atoms with Gasteiger partial charge in [-0.15, -0.1) is 0 Å². The molecule has 2 rings (SSSR count). The second kappa shape index (κ2) is 6.22. The molecule has 5 heteroatoms. The lowest BCUT2D eigenvalue weighted by Crippen LogP contribution is -2.43. The molecule has 2 heterocycles. The minimum absolute atomic E-state index is 0.0113. The van der Waals surface area contributed by atoms with Crippen LogP contribution in [0.1, 0.15) is 35.8 Å². The molecule has 1 unspecified atom stereocenters. The molecule has 20 heavy (non-hydrogen) atoms. The molecule has 1 fully saturated rings. The third kappa shape index (κ3) is 3.10. The van der Waals surface area contributed by atoms with E-state index in [1.54, 1.807) is 12.3 Å². The summed E-state index contributed by atoms with van der Waals surface area (Å²) < 4.78 is 0. The monoisotopic (exact) mass is 276 g/mol.